The highest BCUT2D eigenvalue weighted by molar-refractivity contribution is 6.01. The highest BCUT2D eigenvalue weighted by Gasteiger charge is 2.13. The van der Waals surface area contributed by atoms with Gasteiger partial charge >= 0.3 is 0 Å². The van der Waals surface area contributed by atoms with E-state index in [1.807, 2.05) is 39.0 Å². The predicted octanol–water partition coefficient (Wildman–Crippen LogP) is 5.41. The maximum Gasteiger partial charge on any atom is 0.262 e. The van der Waals surface area contributed by atoms with E-state index in [9.17, 15) is 10.1 Å². The summed E-state index contributed by atoms with van der Waals surface area (Å²) in [5, 5.41) is 12.2. The topological polar surface area (TPSA) is 71.3 Å². The van der Waals surface area contributed by atoms with Gasteiger partial charge in [-0.15, -0.1) is 0 Å². The maximum atomic E-state index is 12.3. The molecule has 1 atom stereocenters. The van der Waals surface area contributed by atoms with E-state index >= 15 is 0 Å². The molecule has 2 aromatic carbocycles. The molecule has 0 saturated carbocycles. The minimum absolute atomic E-state index is 0.00713. The van der Waals surface area contributed by atoms with Crippen molar-refractivity contribution in [2.45, 2.75) is 60.6 Å². The Kier molecular flexibility index (Phi) is 8.69. The molecule has 2 aromatic rings. The van der Waals surface area contributed by atoms with E-state index in [4.69, 9.17) is 9.47 Å². The SMILES string of the molecule is CCOc1cc(/C=C(\C#N)C(=O)N[C@@H](C)CC)ccc1OCc1c(C)cc(C)cc1C. The van der Waals surface area contributed by atoms with Crippen LogP contribution in [0.4, 0.5) is 0 Å². The van der Waals surface area contributed by atoms with Crippen molar-refractivity contribution >= 4 is 12.0 Å². The van der Waals surface area contributed by atoms with Crippen LogP contribution >= 0.6 is 0 Å². The van der Waals surface area contributed by atoms with Crippen LogP contribution in [0.5, 0.6) is 11.5 Å². The summed E-state index contributed by atoms with van der Waals surface area (Å²) in [6, 6.07) is 11.7. The number of benzene rings is 2. The Labute approximate surface area is 185 Å². The van der Waals surface area contributed by atoms with Crippen LogP contribution in [0.15, 0.2) is 35.9 Å². The summed E-state index contributed by atoms with van der Waals surface area (Å²) in [6.45, 7) is 13.0. The smallest absolute Gasteiger partial charge is 0.262 e. The van der Waals surface area contributed by atoms with Gasteiger partial charge in [-0.2, -0.15) is 5.26 Å². The average molecular weight is 421 g/mol. The van der Waals surface area contributed by atoms with E-state index in [1.165, 1.54) is 16.7 Å². The Morgan fingerprint density at radius 1 is 1.10 bits per heavy atom. The molecule has 0 saturated heterocycles. The lowest BCUT2D eigenvalue weighted by Crippen LogP contribution is -2.32. The second-order valence-electron chi connectivity index (χ2n) is 7.76. The van der Waals surface area contributed by atoms with Crippen LogP contribution < -0.4 is 14.8 Å². The fourth-order valence-electron chi connectivity index (χ4n) is 3.31. The molecular formula is C26H32N2O3. The summed E-state index contributed by atoms with van der Waals surface area (Å²) < 4.78 is 11.9. The van der Waals surface area contributed by atoms with Gasteiger partial charge in [-0.05, 0) is 81.5 Å². The zero-order valence-corrected chi connectivity index (χ0v) is 19.3. The molecule has 0 aliphatic heterocycles. The van der Waals surface area contributed by atoms with Gasteiger partial charge < -0.3 is 14.8 Å². The largest absolute Gasteiger partial charge is 0.490 e. The summed E-state index contributed by atoms with van der Waals surface area (Å²) in [4.78, 5) is 12.3. The van der Waals surface area contributed by atoms with Crippen LogP contribution in [-0.4, -0.2) is 18.6 Å². The van der Waals surface area contributed by atoms with Crippen molar-refractivity contribution in [3.05, 3.63) is 63.7 Å². The number of aryl methyl sites for hydroxylation is 3. The second-order valence-corrected chi connectivity index (χ2v) is 7.76. The van der Waals surface area contributed by atoms with Crippen molar-refractivity contribution in [2.24, 2.45) is 0 Å². The van der Waals surface area contributed by atoms with Gasteiger partial charge in [0.25, 0.3) is 5.91 Å². The zero-order chi connectivity index (χ0) is 23.0. The lowest BCUT2D eigenvalue weighted by Gasteiger charge is -2.16. The van der Waals surface area contributed by atoms with E-state index in [0.29, 0.717) is 30.3 Å². The van der Waals surface area contributed by atoms with E-state index in [2.05, 4.69) is 38.2 Å². The molecule has 1 amide bonds. The first kappa shape index (κ1) is 24.0. The van der Waals surface area contributed by atoms with E-state index in [0.717, 1.165) is 12.0 Å². The maximum absolute atomic E-state index is 12.3. The van der Waals surface area contributed by atoms with Crippen molar-refractivity contribution in [1.82, 2.24) is 5.32 Å². The van der Waals surface area contributed by atoms with Crippen molar-refractivity contribution in [2.75, 3.05) is 6.61 Å². The summed E-state index contributed by atoms with van der Waals surface area (Å²) in [6.07, 6.45) is 2.36. The molecule has 0 spiro atoms. The predicted molar refractivity (Wildman–Crippen MR) is 124 cm³/mol. The van der Waals surface area contributed by atoms with Crippen molar-refractivity contribution in [1.29, 1.82) is 5.26 Å². The van der Waals surface area contributed by atoms with E-state index in [1.54, 1.807) is 12.1 Å². The van der Waals surface area contributed by atoms with Crippen LogP contribution in [-0.2, 0) is 11.4 Å². The molecule has 0 bridgehead atoms. The second kappa shape index (κ2) is 11.2. The zero-order valence-electron chi connectivity index (χ0n) is 19.3. The standard InChI is InChI=1S/C26H32N2O3/c1-7-20(6)28-26(29)22(15-27)13-21-9-10-24(25(14-21)30-8-2)31-16-23-18(4)11-17(3)12-19(23)5/h9-14,20H,7-8,16H2,1-6H3,(H,28,29)/b22-13+/t20-/m0/s1. The molecule has 31 heavy (non-hydrogen) atoms. The normalized spacial score (nSPS) is 12.1. The van der Waals surface area contributed by atoms with E-state index in [-0.39, 0.29) is 17.5 Å². The Morgan fingerprint density at radius 2 is 1.77 bits per heavy atom. The van der Waals surface area contributed by atoms with Gasteiger partial charge in [0.05, 0.1) is 6.61 Å². The average Bonchev–Trinajstić information content (AvgIpc) is 2.72. The quantitative estimate of drug-likeness (QED) is 0.435. The molecule has 0 unspecified atom stereocenters. The fourth-order valence-corrected chi connectivity index (χ4v) is 3.31. The van der Waals surface area contributed by atoms with Crippen LogP contribution in [0, 0.1) is 32.1 Å². The Balaban J connectivity index is 2.26. The monoisotopic (exact) mass is 420 g/mol. The number of hydrogen-bond donors (Lipinski definition) is 1. The van der Waals surface area contributed by atoms with Crippen LogP contribution in [0.1, 0.15) is 55.0 Å². The third-order valence-corrected chi connectivity index (χ3v) is 5.15. The van der Waals surface area contributed by atoms with Gasteiger partial charge in [-0.1, -0.05) is 30.7 Å². The summed E-state index contributed by atoms with van der Waals surface area (Å²) in [5.41, 5.74) is 5.54. The number of rotatable bonds is 9. The third-order valence-electron chi connectivity index (χ3n) is 5.15. The summed E-state index contributed by atoms with van der Waals surface area (Å²) in [7, 11) is 0. The van der Waals surface area contributed by atoms with Gasteiger partial charge in [-0.3, -0.25) is 4.79 Å². The van der Waals surface area contributed by atoms with Gasteiger partial charge in [0, 0.05) is 6.04 Å². The molecule has 2 rings (SSSR count). The van der Waals surface area contributed by atoms with Crippen molar-refractivity contribution < 1.29 is 14.3 Å². The molecule has 0 heterocycles. The van der Waals surface area contributed by atoms with Crippen LogP contribution in [0.3, 0.4) is 0 Å². The first-order valence-corrected chi connectivity index (χ1v) is 10.7. The number of carbonyl (C=O) groups is 1. The first-order chi connectivity index (χ1) is 14.8. The molecule has 164 valence electrons. The molecule has 1 N–H and O–H groups in total. The Morgan fingerprint density at radius 3 is 2.35 bits per heavy atom. The summed E-state index contributed by atoms with van der Waals surface area (Å²) >= 11 is 0. The minimum Gasteiger partial charge on any atom is -0.490 e. The highest BCUT2D eigenvalue weighted by Crippen LogP contribution is 2.31. The molecule has 0 radical (unpaired) electrons. The Hall–Kier alpha value is -3.26. The molecule has 0 aromatic heterocycles. The number of carbonyl (C=O) groups excluding carboxylic acids is 1. The lowest BCUT2D eigenvalue weighted by molar-refractivity contribution is -0.117. The number of nitriles is 1. The molecule has 0 aliphatic carbocycles. The Bertz CT molecular complexity index is 979. The molecule has 5 heteroatoms. The van der Waals surface area contributed by atoms with Crippen molar-refractivity contribution in [3.8, 4) is 17.6 Å². The number of ether oxygens (including phenoxy) is 2. The third kappa shape index (κ3) is 6.62. The van der Waals surface area contributed by atoms with Gasteiger partial charge in [-0.25, -0.2) is 0 Å². The van der Waals surface area contributed by atoms with Crippen LogP contribution in [0.25, 0.3) is 6.08 Å². The molecule has 0 aliphatic rings. The lowest BCUT2D eigenvalue weighted by atomic mass is 10.0. The first-order valence-electron chi connectivity index (χ1n) is 10.7. The van der Waals surface area contributed by atoms with Gasteiger partial charge in [0.2, 0.25) is 0 Å². The van der Waals surface area contributed by atoms with Crippen LogP contribution in [0.2, 0.25) is 0 Å². The number of amides is 1. The van der Waals surface area contributed by atoms with Gasteiger partial charge in [0.1, 0.15) is 18.2 Å². The number of nitrogens with one attached hydrogen (secondary N) is 1. The van der Waals surface area contributed by atoms with E-state index < -0.39 is 0 Å². The fraction of sp³-hybridized carbons (Fsp3) is 0.385. The summed E-state index contributed by atoms with van der Waals surface area (Å²) in [5.74, 6) is 0.833. The van der Waals surface area contributed by atoms with Gasteiger partial charge in [0.15, 0.2) is 11.5 Å². The minimum atomic E-state index is -0.375. The number of hydrogen-bond acceptors (Lipinski definition) is 4. The molecule has 0 fully saturated rings. The number of nitrogens with zero attached hydrogens (tertiary/aromatic N) is 1. The highest BCUT2D eigenvalue weighted by atomic mass is 16.5. The molecule has 5 nitrogen and oxygen atoms in total. The van der Waals surface area contributed by atoms with Crippen molar-refractivity contribution in [3.63, 3.8) is 0 Å². The molecular weight excluding hydrogens is 388 g/mol.